The minimum atomic E-state index is -0.381. The minimum Gasteiger partial charge on any atom is -0.491 e. The van der Waals surface area contributed by atoms with Crippen LogP contribution in [0.15, 0.2) is 41.0 Å². The van der Waals surface area contributed by atoms with Crippen molar-refractivity contribution in [2.45, 2.75) is 6.04 Å². The van der Waals surface area contributed by atoms with Crippen molar-refractivity contribution in [1.29, 1.82) is 0 Å². The fourth-order valence-corrected chi connectivity index (χ4v) is 2.27. The Morgan fingerprint density at radius 1 is 1.39 bits per heavy atom. The molecule has 0 radical (unpaired) electrons. The molecule has 1 unspecified atom stereocenters. The van der Waals surface area contributed by atoms with E-state index in [9.17, 15) is 4.39 Å². The number of aromatic nitrogens is 1. The number of nitrogens with zero attached hydrogens (tertiary/aromatic N) is 1. The molecule has 0 bridgehead atoms. The van der Waals surface area contributed by atoms with Crippen molar-refractivity contribution in [3.63, 3.8) is 0 Å². The molecule has 0 spiro atoms. The second-order valence-electron chi connectivity index (χ2n) is 4.03. The Kier molecular flexibility index (Phi) is 2.91. The van der Waals surface area contributed by atoms with E-state index in [0.29, 0.717) is 11.1 Å². The molecular weight excluding hydrogens is 299 g/mol. The van der Waals surface area contributed by atoms with Gasteiger partial charge in [0.05, 0.1) is 6.04 Å². The van der Waals surface area contributed by atoms with Gasteiger partial charge in [-0.3, -0.25) is 0 Å². The monoisotopic (exact) mass is 308 g/mol. The average molecular weight is 309 g/mol. The number of benzene rings is 1. The van der Waals surface area contributed by atoms with Crippen LogP contribution in [-0.4, -0.2) is 11.6 Å². The van der Waals surface area contributed by atoms with E-state index >= 15 is 0 Å². The summed E-state index contributed by atoms with van der Waals surface area (Å²) in [4.78, 5) is 4.03. The zero-order chi connectivity index (χ0) is 12.5. The van der Waals surface area contributed by atoms with E-state index < -0.39 is 0 Å². The highest BCUT2D eigenvalue weighted by atomic mass is 79.9. The van der Waals surface area contributed by atoms with Gasteiger partial charge in [-0.1, -0.05) is 18.2 Å². The van der Waals surface area contributed by atoms with Crippen LogP contribution < -0.4 is 10.1 Å². The molecule has 92 valence electrons. The number of anilines is 1. The quantitative estimate of drug-likeness (QED) is 0.921. The molecule has 1 atom stereocenters. The molecule has 0 amide bonds. The Balaban J connectivity index is 1.86. The Labute approximate surface area is 112 Å². The fourth-order valence-electron chi connectivity index (χ4n) is 1.97. The fraction of sp³-hybridized carbons (Fsp3) is 0.154. The predicted octanol–water partition coefficient (Wildman–Crippen LogP) is 3.53. The van der Waals surface area contributed by atoms with Crippen molar-refractivity contribution in [3.8, 4) is 5.75 Å². The lowest BCUT2D eigenvalue weighted by Gasteiger charge is -2.12. The number of ether oxygens (including phenoxy) is 1. The third-order valence-electron chi connectivity index (χ3n) is 2.82. The van der Waals surface area contributed by atoms with Crippen LogP contribution in [0.4, 0.5) is 10.2 Å². The van der Waals surface area contributed by atoms with Crippen LogP contribution in [0, 0.1) is 5.82 Å². The standard InChI is InChI=1S/C13H10BrFN2O/c14-8-5-10(15)13(16-6-8)17-11-7-18-12-4-2-1-3-9(11)12/h1-6,11H,7H2,(H,16,17). The van der Waals surface area contributed by atoms with Crippen molar-refractivity contribution in [2.24, 2.45) is 0 Å². The van der Waals surface area contributed by atoms with E-state index in [1.807, 2.05) is 24.3 Å². The second-order valence-corrected chi connectivity index (χ2v) is 4.95. The maximum Gasteiger partial charge on any atom is 0.166 e. The van der Waals surface area contributed by atoms with Gasteiger partial charge < -0.3 is 10.1 Å². The molecule has 5 heteroatoms. The third-order valence-corrected chi connectivity index (χ3v) is 3.25. The summed E-state index contributed by atoms with van der Waals surface area (Å²) < 4.78 is 19.8. The summed E-state index contributed by atoms with van der Waals surface area (Å²) in [6, 6.07) is 9.05. The number of halogens is 2. The summed E-state index contributed by atoms with van der Waals surface area (Å²) in [5.74, 6) is 0.699. The lowest BCUT2D eigenvalue weighted by Crippen LogP contribution is -2.14. The first-order chi connectivity index (χ1) is 8.74. The zero-order valence-corrected chi connectivity index (χ0v) is 10.9. The van der Waals surface area contributed by atoms with Gasteiger partial charge in [-0.05, 0) is 28.1 Å². The van der Waals surface area contributed by atoms with Gasteiger partial charge in [0.2, 0.25) is 0 Å². The normalized spacial score (nSPS) is 17.1. The first-order valence-corrected chi connectivity index (χ1v) is 6.32. The average Bonchev–Trinajstić information content (AvgIpc) is 2.76. The molecule has 1 N–H and O–H groups in total. The smallest absolute Gasteiger partial charge is 0.166 e. The Bertz CT molecular complexity index is 591. The first kappa shape index (κ1) is 11.5. The SMILES string of the molecule is Fc1cc(Br)cnc1NC1COc2ccccc21. The highest BCUT2D eigenvalue weighted by Gasteiger charge is 2.24. The number of hydrogen-bond donors (Lipinski definition) is 1. The van der Waals surface area contributed by atoms with E-state index in [0.717, 1.165) is 11.3 Å². The van der Waals surface area contributed by atoms with Gasteiger partial charge >= 0.3 is 0 Å². The first-order valence-electron chi connectivity index (χ1n) is 5.53. The largest absolute Gasteiger partial charge is 0.491 e. The van der Waals surface area contributed by atoms with Gasteiger partial charge in [0.15, 0.2) is 11.6 Å². The highest BCUT2D eigenvalue weighted by Crippen LogP contribution is 2.34. The summed E-state index contributed by atoms with van der Waals surface area (Å²) in [6.07, 6.45) is 1.56. The maximum atomic E-state index is 13.7. The molecule has 1 aromatic carbocycles. The number of hydrogen-bond acceptors (Lipinski definition) is 3. The van der Waals surface area contributed by atoms with Gasteiger partial charge in [-0.15, -0.1) is 0 Å². The zero-order valence-electron chi connectivity index (χ0n) is 9.36. The predicted molar refractivity (Wildman–Crippen MR) is 70.2 cm³/mol. The van der Waals surface area contributed by atoms with Gasteiger partial charge in [-0.25, -0.2) is 9.37 Å². The summed E-state index contributed by atoms with van der Waals surface area (Å²) >= 11 is 3.18. The van der Waals surface area contributed by atoms with Crippen LogP contribution in [0.25, 0.3) is 0 Å². The molecule has 2 heterocycles. The highest BCUT2D eigenvalue weighted by molar-refractivity contribution is 9.10. The van der Waals surface area contributed by atoms with Crippen molar-refractivity contribution in [3.05, 3.63) is 52.4 Å². The van der Waals surface area contributed by atoms with Crippen LogP contribution in [0.2, 0.25) is 0 Å². The number of pyridine rings is 1. The van der Waals surface area contributed by atoms with Crippen LogP contribution in [0.5, 0.6) is 5.75 Å². The van der Waals surface area contributed by atoms with Gasteiger partial charge in [-0.2, -0.15) is 0 Å². The van der Waals surface area contributed by atoms with Gasteiger partial charge in [0.25, 0.3) is 0 Å². The van der Waals surface area contributed by atoms with E-state index in [4.69, 9.17) is 4.74 Å². The third kappa shape index (κ3) is 2.06. The van der Waals surface area contributed by atoms with Crippen LogP contribution in [0.3, 0.4) is 0 Å². The van der Waals surface area contributed by atoms with Crippen molar-refractivity contribution in [2.75, 3.05) is 11.9 Å². The second kappa shape index (κ2) is 4.57. The summed E-state index contributed by atoms with van der Waals surface area (Å²) in [6.45, 7) is 0.483. The maximum absolute atomic E-state index is 13.7. The van der Waals surface area contributed by atoms with E-state index in [-0.39, 0.29) is 17.7 Å². The Morgan fingerprint density at radius 3 is 3.06 bits per heavy atom. The Morgan fingerprint density at radius 2 is 2.22 bits per heavy atom. The molecular formula is C13H10BrFN2O. The molecule has 1 aliphatic rings. The molecule has 3 nitrogen and oxygen atoms in total. The lowest BCUT2D eigenvalue weighted by atomic mass is 10.1. The van der Waals surface area contributed by atoms with Crippen LogP contribution in [0.1, 0.15) is 11.6 Å². The van der Waals surface area contributed by atoms with E-state index in [2.05, 4.69) is 26.2 Å². The molecule has 18 heavy (non-hydrogen) atoms. The molecule has 2 aromatic rings. The van der Waals surface area contributed by atoms with Gasteiger partial charge in [0.1, 0.15) is 12.4 Å². The van der Waals surface area contributed by atoms with E-state index in [1.165, 1.54) is 6.07 Å². The molecule has 1 aromatic heterocycles. The van der Waals surface area contributed by atoms with Crippen LogP contribution in [-0.2, 0) is 0 Å². The molecule has 0 aliphatic carbocycles. The number of para-hydroxylation sites is 1. The van der Waals surface area contributed by atoms with Gasteiger partial charge in [0, 0.05) is 16.2 Å². The molecule has 3 rings (SSSR count). The molecule has 0 saturated heterocycles. The Hall–Kier alpha value is -1.62. The number of fused-ring (bicyclic) bond motifs is 1. The van der Waals surface area contributed by atoms with Crippen LogP contribution >= 0.6 is 15.9 Å². The topological polar surface area (TPSA) is 34.2 Å². The number of rotatable bonds is 2. The molecule has 0 fully saturated rings. The lowest BCUT2D eigenvalue weighted by molar-refractivity contribution is 0.339. The van der Waals surface area contributed by atoms with Crippen molar-refractivity contribution < 1.29 is 9.13 Å². The number of nitrogens with one attached hydrogen (secondary N) is 1. The van der Waals surface area contributed by atoms with Crippen molar-refractivity contribution >= 4 is 21.7 Å². The summed E-state index contributed by atoms with van der Waals surface area (Å²) in [5.41, 5.74) is 1.03. The van der Waals surface area contributed by atoms with Crippen molar-refractivity contribution in [1.82, 2.24) is 4.98 Å². The molecule has 1 aliphatic heterocycles. The minimum absolute atomic E-state index is 0.0654. The summed E-state index contributed by atoms with van der Waals surface area (Å²) in [5, 5.41) is 3.06. The summed E-state index contributed by atoms with van der Waals surface area (Å²) in [7, 11) is 0. The molecule has 0 saturated carbocycles. The van der Waals surface area contributed by atoms with E-state index in [1.54, 1.807) is 6.20 Å².